The van der Waals surface area contributed by atoms with E-state index in [9.17, 15) is 25.9 Å². The van der Waals surface area contributed by atoms with Crippen LogP contribution in [0.25, 0.3) is 0 Å². The molecule has 0 saturated heterocycles. The predicted molar refractivity (Wildman–Crippen MR) is 80.7 cm³/mol. The second-order valence-corrected chi connectivity index (χ2v) is 6.54. The second-order valence-electron chi connectivity index (χ2n) is 3.84. The summed E-state index contributed by atoms with van der Waals surface area (Å²) in [5, 5.41) is 17.7. The SMILES string of the molecule is O=S(=O)([O-])c1ccccc1O.O=S(=O)([O-])c1ccccc1O.[SnH2+2]. The Balaban J connectivity index is 0.000000403. The Morgan fingerprint density at radius 3 is 1.09 bits per heavy atom. The van der Waals surface area contributed by atoms with Gasteiger partial charge < -0.3 is 19.3 Å². The number of hydrogen-bond acceptors (Lipinski definition) is 8. The molecule has 0 bridgehead atoms. The molecule has 2 aromatic carbocycles. The van der Waals surface area contributed by atoms with Gasteiger partial charge in [-0.15, -0.1) is 0 Å². The molecular formula is C12H12O8S2Sn. The summed E-state index contributed by atoms with van der Waals surface area (Å²) in [5.74, 6) is -1.02. The van der Waals surface area contributed by atoms with Crippen LogP contribution in [0.1, 0.15) is 0 Å². The van der Waals surface area contributed by atoms with Crippen molar-refractivity contribution in [2.75, 3.05) is 0 Å². The molecule has 0 amide bonds. The third-order valence-corrected chi connectivity index (χ3v) is 4.04. The summed E-state index contributed by atoms with van der Waals surface area (Å²) in [6, 6.07) is 9.99. The molecule has 124 valence electrons. The van der Waals surface area contributed by atoms with Crippen molar-refractivity contribution >= 4 is 44.1 Å². The van der Waals surface area contributed by atoms with Gasteiger partial charge in [-0.05, 0) is 24.3 Å². The van der Waals surface area contributed by atoms with Gasteiger partial charge in [0.2, 0.25) is 0 Å². The van der Waals surface area contributed by atoms with Crippen LogP contribution in [0, 0.1) is 0 Å². The van der Waals surface area contributed by atoms with Gasteiger partial charge in [0.15, 0.2) is 0 Å². The Kier molecular flexibility index (Phi) is 8.00. The van der Waals surface area contributed by atoms with E-state index in [1.54, 1.807) is 0 Å². The van der Waals surface area contributed by atoms with Crippen molar-refractivity contribution in [2.24, 2.45) is 0 Å². The van der Waals surface area contributed by atoms with Crippen LogP contribution in [0.15, 0.2) is 58.3 Å². The average molecular weight is 467 g/mol. The molecule has 0 aliphatic heterocycles. The Morgan fingerprint density at radius 2 is 0.913 bits per heavy atom. The number of phenolic OH excluding ortho intramolecular Hbond substituents is 2. The Labute approximate surface area is 149 Å². The monoisotopic (exact) mass is 468 g/mol. The summed E-state index contributed by atoms with van der Waals surface area (Å²) in [5.41, 5.74) is 0. The summed E-state index contributed by atoms with van der Waals surface area (Å²) in [7, 11) is -9.07. The van der Waals surface area contributed by atoms with Gasteiger partial charge in [0, 0.05) is 0 Å². The van der Waals surface area contributed by atoms with Crippen LogP contribution in [0.2, 0.25) is 0 Å². The molecule has 0 radical (unpaired) electrons. The van der Waals surface area contributed by atoms with Crippen LogP contribution < -0.4 is 0 Å². The molecule has 0 fully saturated rings. The molecular weight excluding hydrogens is 455 g/mol. The van der Waals surface area contributed by atoms with Crippen LogP contribution in [0.5, 0.6) is 11.5 Å². The molecule has 2 aromatic rings. The molecule has 0 aromatic heterocycles. The first-order valence-electron chi connectivity index (χ1n) is 5.51. The van der Waals surface area contributed by atoms with Crippen molar-refractivity contribution in [3.63, 3.8) is 0 Å². The van der Waals surface area contributed by atoms with Gasteiger partial charge in [-0.3, -0.25) is 0 Å². The molecule has 0 aliphatic rings. The number of hydrogen-bond donors (Lipinski definition) is 2. The molecule has 2 N–H and O–H groups in total. The summed E-state index contributed by atoms with van der Waals surface area (Å²) in [4.78, 5) is -1.17. The van der Waals surface area contributed by atoms with E-state index in [2.05, 4.69) is 0 Å². The fraction of sp³-hybridized carbons (Fsp3) is 0. The van der Waals surface area contributed by atoms with Crippen molar-refractivity contribution in [3.05, 3.63) is 48.5 Å². The van der Waals surface area contributed by atoms with Gasteiger partial charge >= 0.3 is 23.9 Å². The maximum absolute atomic E-state index is 10.3. The van der Waals surface area contributed by atoms with Crippen LogP contribution in [-0.2, 0) is 20.2 Å². The van der Waals surface area contributed by atoms with E-state index < -0.39 is 41.5 Å². The van der Waals surface area contributed by atoms with Gasteiger partial charge in [0.1, 0.15) is 31.7 Å². The minimum atomic E-state index is -4.53. The molecule has 0 unspecified atom stereocenters. The molecule has 0 aliphatic carbocycles. The fourth-order valence-corrected chi connectivity index (χ4v) is 2.48. The molecule has 2 rings (SSSR count). The van der Waals surface area contributed by atoms with Crippen molar-refractivity contribution in [2.45, 2.75) is 9.79 Å². The number of para-hydroxylation sites is 2. The van der Waals surface area contributed by atoms with Crippen LogP contribution in [0.4, 0.5) is 0 Å². The summed E-state index contributed by atoms with van der Waals surface area (Å²) in [6.07, 6.45) is 0. The first-order chi connectivity index (χ1) is 10.0. The summed E-state index contributed by atoms with van der Waals surface area (Å²) < 4.78 is 62.0. The van der Waals surface area contributed by atoms with Crippen LogP contribution in [0.3, 0.4) is 0 Å². The van der Waals surface area contributed by atoms with E-state index >= 15 is 0 Å². The van der Waals surface area contributed by atoms with Crippen molar-refractivity contribution in [1.29, 1.82) is 0 Å². The van der Waals surface area contributed by atoms with E-state index in [1.165, 1.54) is 24.3 Å². The molecule has 0 atom stereocenters. The van der Waals surface area contributed by atoms with E-state index in [1.807, 2.05) is 0 Å². The maximum atomic E-state index is 10.3. The van der Waals surface area contributed by atoms with Gasteiger partial charge in [0.25, 0.3) is 0 Å². The first-order valence-corrected chi connectivity index (χ1v) is 8.33. The number of phenols is 2. The summed E-state index contributed by atoms with van der Waals surface area (Å²) in [6.45, 7) is 0. The van der Waals surface area contributed by atoms with Gasteiger partial charge in [-0.1, -0.05) is 24.3 Å². The quantitative estimate of drug-likeness (QED) is 0.450. The van der Waals surface area contributed by atoms with Crippen molar-refractivity contribution < 1.29 is 36.2 Å². The number of rotatable bonds is 2. The Hall–Kier alpha value is -1.34. The van der Waals surface area contributed by atoms with E-state index in [0.717, 1.165) is 24.3 Å². The van der Waals surface area contributed by atoms with Crippen molar-refractivity contribution in [3.8, 4) is 11.5 Å². The molecule has 8 nitrogen and oxygen atoms in total. The molecule has 0 heterocycles. The van der Waals surface area contributed by atoms with E-state index in [4.69, 9.17) is 10.2 Å². The third-order valence-electron chi connectivity index (χ3n) is 2.27. The number of benzene rings is 2. The fourth-order valence-electron chi connectivity index (χ4n) is 1.34. The van der Waals surface area contributed by atoms with Crippen LogP contribution in [-0.4, -0.2) is 60.1 Å². The Morgan fingerprint density at radius 1 is 0.652 bits per heavy atom. The molecule has 0 saturated carbocycles. The van der Waals surface area contributed by atoms with Gasteiger partial charge in [0.05, 0.1) is 9.79 Å². The topological polar surface area (TPSA) is 155 Å². The normalized spacial score (nSPS) is 10.9. The zero-order valence-electron chi connectivity index (χ0n) is 11.5. The predicted octanol–water partition coefficient (Wildman–Crippen LogP) is -0.324. The third kappa shape index (κ3) is 6.74. The summed E-state index contributed by atoms with van der Waals surface area (Å²) >= 11 is 0. The second kappa shape index (κ2) is 8.49. The van der Waals surface area contributed by atoms with Crippen LogP contribution >= 0.6 is 0 Å². The molecule has 23 heavy (non-hydrogen) atoms. The average Bonchev–Trinajstić information content (AvgIpc) is 2.37. The zero-order chi connectivity index (χ0) is 17.0. The van der Waals surface area contributed by atoms with Gasteiger partial charge in [-0.25, -0.2) is 16.8 Å². The van der Waals surface area contributed by atoms with E-state index in [-0.39, 0.29) is 23.9 Å². The standard InChI is InChI=1S/2C6H6O4S.Sn.2H/c2*7-5-3-1-2-4-6(5)11(8,9)10;;;/h2*1-4,7H,(H,8,9,10);;;/q;;+2;;/p-2. The number of aromatic hydroxyl groups is 2. The van der Waals surface area contributed by atoms with Crippen molar-refractivity contribution in [1.82, 2.24) is 0 Å². The van der Waals surface area contributed by atoms with Gasteiger partial charge in [-0.2, -0.15) is 0 Å². The zero-order valence-corrected chi connectivity index (χ0v) is 17.2. The molecule has 11 heteroatoms. The first kappa shape index (κ1) is 21.7. The Bertz CT molecular complexity index is 789. The minimum absolute atomic E-state index is 0. The van der Waals surface area contributed by atoms with E-state index in [0.29, 0.717) is 0 Å². The molecule has 0 spiro atoms.